The van der Waals surface area contributed by atoms with Crippen molar-refractivity contribution in [3.63, 3.8) is 0 Å². The van der Waals surface area contributed by atoms with Gasteiger partial charge in [0.15, 0.2) is 34.8 Å². The van der Waals surface area contributed by atoms with Gasteiger partial charge in [-0.15, -0.1) is 0 Å². The van der Waals surface area contributed by atoms with Crippen molar-refractivity contribution < 1.29 is 217 Å². The summed E-state index contributed by atoms with van der Waals surface area (Å²) in [6, 6.07) is 0. The second-order valence-corrected chi connectivity index (χ2v) is 12.3. The van der Waals surface area contributed by atoms with E-state index in [1.165, 1.54) is 15.5 Å². The zero-order valence-corrected chi connectivity index (χ0v) is 39.4. The number of H-pyrrole nitrogens is 2. The first-order chi connectivity index (χ1) is 21.9. The summed E-state index contributed by atoms with van der Waals surface area (Å²) in [7, 11) is -10.3. The molecule has 346 valence electrons. The number of phosphoric ester groups is 2. The molecule has 2 aliphatic rings. The Morgan fingerprint density at radius 1 is 0.672 bits per heavy atom. The molecule has 0 aromatic carbocycles. The van der Waals surface area contributed by atoms with E-state index in [-0.39, 0.29) is 177 Å². The van der Waals surface area contributed by atoms with Gasteiger partial charge in [0.2, 0.25) is 5.95 Å². The fourth-order valence-corrected chi connectivity index (χ4v) is 5.37. The number of aliphatic hydroxyl groups excluding tert-OH is 4. The number of fused-ring (bicyclic) bond motifs is 2. The summed E-state index contributed by atoms with van der Waals surface area (Å²) in [5, 5.41) is 39.9. The Morgan fingerprint density at radius 2 is 1.07 bits per heavy atom. The van der Waals surface area contributed by atoms with Crippen LogP contribution in [-0.4, -0.2) is 174 Å². The predicted molar refractivity (Wildman–Crippen MR) is 182 cm³/mol. The van der Waals surface area contributed by atoms with E-state index in [0.29, 0.717) is 0 Å². The van der Waals surface area contributed by atoms with E-state index < -0.39 is 89.1 Å². The van der Waals surface area contributed by atoms with Crippen molar-refractivity contribution in [2.24, 2.45) is 0 Å². The molecular formula is C20H46N9Na3O27P2. The van der Waals surface area contributed by atoms with Gasteiger partial charge in [-0.05, 0) is 0 Å². The Kier molecular flexibility index (Phi) is 45.9. The molecule has 0 aliphatic carbocycles. The van der Waals surface area contributed by atoms with Crippen molar-refractivity contribution >= 4 is 43.9 Å². The normalized spacial score (nSPS) is 22.5. The molecule has 4 aromatic heterocycles. The van der Waals surface area contributed by atoms with Gasteiger partial charge in [0.05, 0.1) is 40.0 Å². The first kappa shape index (κ1) is 83.6. The number of nitrogen functional groups attached to an aromatic ring is 1. The van der Waals surface area contributed by atoms with E-state index in [1.54, 1.807) is 0 Å². The first-order valence-electron chi connectivity index (χ1n) is 13.0. The van der Waals surface area contributed by atoms with E-state index in [4.69, 9.17) is 20.1 Å². The van der Waals surface area contributed by atoms with Gasteiger partial charge in [0.25, 0.3) is 18.9 Å². The minimum absolute atomic E-state index is 0. The van der Waals surface area contributed by atoms with Crippen molar-refractivity contribution in [1.29, 1.82) is 0 Å². The molecule has 41 heteroatoms. The molecule has 6 rings (SSSR count). The van der Waals surface area contributed by atoms with Crippen LogP contribution in [0.2, 0.25) is 0 Å². The average Bonchev–Trinajstić information content (AvgIpc) is 3.73. The number of ether oxygens (including phenoxy) is 2. The van der Waals surface area contributed by atoms with Crippen molar-refractivity contribution in [1.82, 2.24) is 39.0 Å². The standard InChI is InChI=1S/C10H14N5O8P.C10H13N4O8P.3Na.11H2O/c11-10-13-7-4(8(18)14-10)12-2-15(7)9-6(17)5(16)3(23-9)1-22-24(19,20)21;15-6-4(1-21-23(18,19)20)22-10(7(6)16)14-3-13-5-8(14)11-2-12-9(5)17;;;;;;;;;;;;;;/h2-3,5-6,9,16-17H,1H2,(H2,19,20,21)(H3,11,13,14,18);2-4,6-7,10,15-16H,1H2,(H,11,12,17)(H2,18,19,20);;;;11*1H2/q;;3*+1;;;;;;;;;;;/p-3/t3-,5-,6-,9-;4-,6-,7-,10-;;;;;;;;;;;;;;/m11............../s1. The van der Waals surface area contributed by atoms with Gasteiger partial charge >= 0.3 is 88.7 Å². The van der Waals surface area contributed by atoms with Crippen LogP contribution < -0.4 is 120 Å². The van der Waals surface area contributed by atoms with Crippen molar-refractivity contribution in [3.8, 4) is 0 Å². The molecule has 0 bridgehead atoms. The Labute approximate surface area is 404 Å². The smallest absolute Gasteiger partial charge is 0.790 e. The summed E-state index contributed by atoms with van der Waals surface area (Å²) < 4.78 is 42.4. The summed E-state index contributed by atoms with van der Waals surface area (Å²) in [5.41, 5.74) is 4.41. The minimum Gasteiger partial charge on any atom is -0.790 e. The summed E-state index contributed by atoms with van der Waals surface area (Å²) in [5.74, 6) is -0.185. The second-order valence-electron chi connectivity index (χ2n) is 9.93. The van der Waals surface area contributed by atoms with Gasteiger partial charge < -0.3 is 134 Å². The van der Waals surface area contributed by atoms with Crippen molar-refractivity contribution in [2.45, 2.75) is 49.1 Å². The average molecular weight is 976 g/mol. The Bertz CT molecular complexity index is 1980. The van der Waals surface area contributed by atoms with Crippen LogP contribution in [0.1, 0.15) is 12.5 Å². The van der Waals surface area contributed by atoms with Crippen LogP contribution in [0.5, 0.6) is 0 Å². The van der Waals surface area contributed by atoms with Gasteiger partial charge in [-0.25, -0.2) is 15.0 Å². The van der Waals surface area contributed by atoms with Gasteiger partial charge in [-0.1, -0.05) is 0 Å². The van der Waals surface area contributed by atoms with Gasteiger partial charge in [-0.3, -0.25) is 28.3 Å². The monoisotopic (exact) mass is 975 g/mol. The largest absolute Gasteiger partial charge is 1.00 e. The molecule has 31 N–H and O–H groups in total. The third-order valence-electron chi connectivity index (χ3n) is 6.84. The first-order valence-corrected chi connectivity index (χ1v) is 15.9. The number of hydrogen-bond donors (Lipinski definition) is 8. The van der Waals surface area contributed by atoms with Crippen LogP contribution in [0.4, 0.5) is 5.95 Å². The van der Waals surface area contributed by atoms with Crippen LogP contribution in [0.25, 0.3) is 22.3 Å². The maximum Gasteiger partial charge on any atom is 1.00 e. The number of aromatic nitrogens is 8. The molecule has 36 nitrogen and oxygen atoms in total. The van der Waals surface area contributed by atoms with E-state index in [0.717, 1.165) is 12.7 Å². The molecule has 2 aliphatic heterocycles. The van der Waals surface area contributed by atoms with Gasteiger partial charge in [0.1, 0.15) is 36.6 Å². The SMILES string of the molecule is Nc1nc2c(ncn2[C@@H]2O[C@H](COP(=O)([O-])O)[C@@H](O)[C@H]2O)c(=O)[nH]1.O.O.O.O.O.O.O.O.O.O.O.O=c1[nH]cnc2c1ncn2[C@@H]1O[C@H](COP(=O)([O-])[O-])[C@@H](O)[C@H]1O.[Na+].[Na+].[Na+]. The van der Waals surface area contributed by atoms with E-state index >= 15 is 0 Å². The third kappa shape index (κ3) is 19.6. The quantitative estimate of drug-likeness (QED) is 0.0600. The van der Waals surface area contributed by atoms with Crippen LogP contribution in [-0.2, 0) is 27.7 Å². The zero-order valence-electron chi connectivity index (χ0n) is 31.6. The fourth-order valence-electron chi connectivity index (χ4n) is 4.70. The maximum absolute atomic E-state index is 11.7. The third-order valence-corrected chi connectivity index (χ3v) is 7.78. The number of phosphoric acid groups is 2. The van der Waals surface area contributed by atoms with E-state index in [1.807, 2.05) is 0 Å². The molecule has 0 radical (unpaired) electrons. The summed E-state index contributed by atoms with van der Waals surface area (Å²) in [6.07, 6.45) is -7.45. The summed E-state index contributed by atoms with van der Waals surface area (Å²) in [4.78, 5) is 83.6. The summed E-state index contributed by atoms with van der Waals surface area (Å²) >= 11 is 0. The molecular weight excluding hydrogens is 929 g/mol. The van der Waals surface area contributed by atoms with Gasteiger partial charge in [0, 0.05) is 0 Å². The fraction of sp³-hybridized carbons (Fsp3) is 0.500. The molecule has 9 atom stereocenters. The predicted octanol–water partition coefficient (Wildman–Crippen LogP) is -24.7. The Balaban J connectivity index is -0.0000000867. The second kappa shape index (κ2) is 33.5. The van der Waals surface area contributed by atoms with Crippen LogP contribution in [0, 0.1) is 0 Å². The topological polar surface area (TPSA) is 741 Å². The van der Waals surface area contributed by atoms with Crippen LogP contribution in [0.15, 0.2) is 28.6 Å². The number of imidazole rings is 2. The molecule has 2 saturated heterocycles. The van der Waals surface area contributed by atoms with Crippen molar-refractivity contribution in [3.05, 3.63) is 39.7 Å². The minimum atomic E-state index is -5.24. The summed E-state index contributed by atoms with van der Waals surface area (Å²) in [6.45, 7) is -1.46. The maximum atomic E-state index is 11.7. The number of rotatable bonds is 8. The van der Waals surface area contributed by atoms with Gasteiger partial charge in [-0.2, -0.15) is 4.98 Å². The molecule has 61 heavy (non-hydrogen) atoms. The van der Waals surface area contributed by atoms with Crippen molar-refractivity contribution in [2.75, 3.05) is 18.9 Å². The number of nitrogens with two attached hydrogens (primary N) is 1. The number of nitrogens with one attached hydrogen (secondary N) is 2. The molecule has 6 heterocycles. The number of nitrogens with zero attached hydrogens (tertiary/aromatic N) is 6. The Morgan fingerprint density at radius 3 is 1.48 bits per heavy atom. The number of aromatic amines is 2. The van der Waals surface area contributed by atoms with Crippen LogP contribution in [0.3, 0.4) is 0 Å². The molecule has 0 saturated carbocycles. The molecule has 1 unspecified atom stereocenters. The molecule has 0 amide bonds. The number of hydrogen-bond acceptors (Lipinski definition) is 20. The number of anilines is 1. The van der Waals surface area contributed by atoms with Crippen LogP contribution >= 0.6 is 15.6 Å². The molecule has 4 aromatic rings. The number of aliphatic hydroxyl groups is 4. The molecule has 2 fully saturated rings. The Hall–Kier alpha value is -0.960. The zero-order chi connectivity index (χ0) is 34.4. The molecule has 0 spiro atoms. The van der Waals surface area contributed by atoms with E-state index in [2.05, 4.69) is 39.0 Å². The van der Waals surface area contributed by atoms with E-state index in [9.17, 15) is 53.8 Å².